The van der Waals surface area contributed by atoms with Crippen molar-refractivity contribution in [2.45, 2.75) is 26.8 Å². The minimum Gasteiger partial charge on any atom is -0.300 e. The van der Waals surface area contributed by atoms with Crippen LogP contribution in [-0.2, 0) is 18.4 Å². The molecule has 2 aromatic rings. The summed E-state index contributed by atoms with van der Waals surface area (Å²) in [5.74, 6) is 0.0388. The second kappa shape index (κ2) is 6.27. The highest BCUT2D eigenvalue weighted by molar-refractivity contribution is 6.35. The van der Waals surface area contributed by atoms with E-state index in [9.17, 15) is 14.4 Å². The lowest BCUT2D eigenvalue weighted by Crippen LogP contribution is -2.24. The molecule has 22 heavy (non-hydrogen) atoms. The van der Waals surface area contributed by atoms with Crippen LogP contribution < -0.4 is 5.69 Å². The van der Waals surface area contributed by atoms with E-state index in [1.54, 1.807) is 32.2 Å². The maximum Gasteiger partial charge on any atom is 0.345 e. The quantitative estimate of drug-likeness (QED) is 0.621. The topological polar surface area (TPSA) is 74.0 Å². The van der Waals surface area contributed by atoms with Crippen LogP contribution in [0.4, 0.5) is 0 Å². The van der Waals surface area contributed by atoms with E-state index in [0.29, 0.717) is 11.4 Å². The third kappa shape index (κ3) is 3.17. The lowest BCUT2D eigenvalue weighted by molar-refractivity contribution is -0.116. The fraction of sp³-hybridized carbons (Fsp3) is 0.333. The number of hydrogen-bond donors (Lipinski definition) is 0. The number of carbonyl (C=O) groups excluding carboxylic acids is 2. The molecule has 6 nitrogen and oxygen atoms in total. The molecule has 0 unspecified atom stereocenters. The SMILES string of the molecule is CC(=O)CC(=O)c1cccc(Cn2nc(C)n(C)c2=O)c1Cl. The van der Waals surface area contributed by atoms with Crippen LogP contribution in [0, 0.1) is 6.92 Å². The van der Waals surface area contributed by atoms with Gasteiger partial charge in [-0.2, -0.15) is 5.10 Å². The molecule has 7 heteroatoms. The normalized spacial score (nSPS) is 10.7. The minimum atomic E-state index is -0.330. The molecule has 0 spiro atoms. The van der Waals surface area contributed by atoms with Gasteiger partial charge in [-0.15, -0.1) is 0 Å². The first-order valence-corrected chi connectivity index (χ1v) is 7.09. The highest BCUT2D eigenvalue weighted by Gasteiger charge is 2.16. The fourth-order valence-electron chi connectivity index (χ4n) is 2.10. The molecule has 0 fully saturated rings. The number of halogens is 1. The number of carbonyl (C=O) groups is 2. The Labute approximate surface area is 132 Å². The summed E-state index contributed by atoms with van der Waals surface area (Å²) < 4.78 is 2.72. The van der Waals surface area contributed by atoms with Crippen molar-refractivity contribution in [3.63, 3.8) is 0 Å². The van der Waals surface area contributed by atoms with Crippen LogP contribution in [0.25, 0.3) is 0 Å². The molecule has 0 bridgehead atoms. The van der Waals surface area contributed by atoms with Gasteiger partial charge in [-0.05, 0) is 25.5 Å². The molecule has 0 aliphatic rings. The number of nitrogens with zero attached hydrogens (tertiary/aromatic N) is 3. The van der Waals surface area contributed by atoms with Gasteiger partial charge in [0.05, 0.1) is 18.0 Å². The van der Waals surface area contributed by atoms with E-state index in [1.165, 1.54) is 16.2 Å². The zero-order valence-corrected chi connectivity index (χ0v) is 13.3. The maximum atomic E-state index is 12.0. The number of ketones is 2. The molecular formula is C15H16ClN3O3. The van der Waals surface area contributed by atoms with Gasteiger partial charge in [0.1, 0.15) is 11.6 Å². The summed E-state index contributed by atoms with van der Waals surface area (Å²) in [4.78, 5) is 35.1. The van der Waals surface area contributed by atoms with Gasteiger partial charge in [-0.3, -0.25) is 14.2 Å². The molecule has 0 aliphatic carbocycles. The van der Waals surface area contributed by atoms with Gasteiger partial charge in [0, 0.05) is 12.6 Å². The van der Waals surface area contributed by atoms with Gasteiger partial charge in [0.2, 0.25) is 0 Å². The van der Waals surface area contributed by atoms with Crippen molar-refractivity contribution in [3.05, 3.63) is 50.7 Å². The lowest BCUT2D eigenvalue weighted by Gasteiger charge is -2.08. The summed E-state index contributed by atoms with van der Waals surface area (Å²) in [5.41, 5.74) is 0.639. The van der Waals surface area contributed by atoms with Gasteiger partial charge in [-0.1, -0.05) is 23.7 Å². The van der Waals surface area contributed by atoms with E-state index in [0.717, 1.165) is 0 Å². The Morgan fingerprint density at radius 2 is 2.00 bits per heavy atom. The Morgan fingerprint density at radius 3 is 2.55 bits per heavy atom. The number of hydrogen-bond acceptors (Lipinski definition) is 4. The van der Waals surface area contributed by atoms with Crippen LogP contribution >= 0.6 is 11.6 Å². The molecule has 0 radical (unpaired) electrons. The van der Waals surface area contributed by atoms with Crippen LogP contribution in [0.1, 0.15) is 35.1 Å². The first-order valence-electron chi connectivity index (χ1n) is 6.71. The lowest BCUT2D eigenvalue weighted by atomic mass is 10.0. The summed E-state index contributed by atoms with van der Waals surface area (Å²) in [6, 6.07) is 4.97. The van der Waals surface area contributed by atoms with Gasteiger partial charge >= 0.3 is 5.69 Å². The Morgan fingerprint density at radius 1 is 1.32 bits per heavy atom. The van der Waals surface area contributed by atoms with Crippen molar-refractivity contribution in [1.82, 2.24) is 14.3 Å². The second-order valence-corrected chi connectivity index (χ2v) is 5.51. The molecule has 2 rings (SSSR count). The van der Waals surface area contributed by atoms with Gasteiger partial charge in [-0.25, -0.2) is 9.48 Å². The van der Waals surface area contributed by atoms with E-state index in [4.69, 9.17) is 11.6 Å². The molecule has 0 aliphatic heterocycles. The Hall–Kier alpha value is -2.21. The maximum absolute atomic E-state index is 12.0. The molecule has 116 valence electrons. The highest BCUT2D eigenvalue weighted by Crippen LogP contribution is 2.23. The average molecular weight is 322 g/mol. The first-order chi connectivity index (χ1) is 10.3. The van der Waals surface area contributed by atoms with Gasteiger partial charge in [0.15, 0.2) is 5.78 Å². The van der Waals surface area contributed by atoms with Crippen LogP contribution in [0.5, 0.6) is 0 Å². The molecule has 1 aromatic heterocycles. The van der Waals surface area contributed by atoms with E-state index < -0.39 is 0 Å². The predicted molar refractivity (Wildman–Crippen MR) is 82.4 cm³/mol. The number of benzene rings is 1. The standard InChI is InChI=1S/C15H16ClN3O3/c1-9(20)7-13(21)12-6-4-5-11(14(12)16)8-19-15(22)18(3)10(2)17-19/h4-6H,7-8H2,1-3H3. The van der Waals surface area contributed by atoms with Gasteiger partial charge < -0.3 is 0 Å². The second-order valence-electron chi connectivity index (χ2n) is 5.13. The summed E-state index contributed by atoms with van der Waals surface area (Å²) >= 11 is 6.25. The van der Waals surface area contributed by atoms with Crippen molar-refractivity contribution >= 4 is 23.2 Å². The third-order valence-electron chi connectivity index (χ3n) is 3.37. The molecule has 0 saturated carbocycles. The molecule has 1 aromatic carbocycles. The van der Waals surface area contributed by atoms with Gasteiger partial charge in [0.25, 0.3) is 0 Å². The first kappa shape index (κ1) is 16.2. The van der Waals surface area contributed by atoms with Crippen molar-refractivity contribution in [2.75, 3.05) is 0 Å². The van der Waals surface area contributed by atoms with E-state index in [2.05, 4.69) is 5.10 Å². The predicted octanol–water partition coefficient (Wildman–Crippen LogP) is 1.75. The Kier molecular flexibility index (Phi) is 4.61. The fourth-order valence-corrected chi connectivity index (χ4v) is 2.39. The number of rotatable bonds is 5. The Bertz CT molecular complexity index is 805. The van der Waals surface area contributed by atoms with Crippen molar-refractivity contribution in [1.29, 1.82) is 0 Å². The Balaban J connectivity index is 2.37. The number of Topliss-reactive ketones (excluding diaryl/α,β-unsaturated/α-hetero) is 2. The van der Waals surface area contributed by atoms with Crippen LogP contribution in [0.3, 0.4) is 0 Å². The van der Waals surface area contributed by atoms with Crippen LogP contribution in [-0.4, -0.2) is 25.9 Å². The number of aromatic nitrogens is 3. The molecular weight excluding hydrogens is 306 g/mol. The molecule has 0 amide bonds. The molecule has 0 saturated heterocycles. The van der Waals surface area contributed by atoms with E-state index in [1.807, 2.05) is 0 Å². The highest BCUT2D eigenvalue weighted by atomic mass is 35.5. The summed E-state index contributed by atoms with van der Waals surface area (Å²) in [6.45, 7) is 3.25. The van der Waals surface area contributed by atoms with E-state index in [-0.39, 0.29) is 40.8 Å². The average Bonchev–Trinajstić information content (AvgIpc) is 2.68. The van der Waals surface area contributed by atoms with Crippen molar-refractivity contribution < 1.29 is 9.59 Å². The number of aryl methyl sites for hydroxylation is 1. The van der Waals surface area contributed by atoms with Crippen LogP contribution in [0.2, 0.25) is 5.02 Å². The molecule has 1 heterocycles. The molecule has 0 atom stereocenters. The van der Waals surface area contributed by atoms with Crippen LogP contribution in [0.15, 0.2) is 23.0 Å². The minimum absolute atomic E-state index is 0.167. The van der Waals surface area contributed by atoms with E-state index >= 15 is 0 Å². The summed E-state index contributed by atoms with van der Waals surface area (Å²) in [6.07, 6.45) is -0.189. The largest absolute Gasteiger partial charge is 0.345 e. The van der Waals surface area contributed by atoms with Crippen molar-refractivity contribution in [3.8, 4) is 0 Å². The third-order valence-corrected chi connectivity index (χ3v) is 3.81. The zero-order chi connectivity index (χ0) is 16.4. The molecule has 0 N–H and O–H groups in total. The zero-order valence-electron chi connectivity index (χ0n) is 12.6. The summed E-state index contributed by atoms with van der Waals surface area (Å²) in [5, 5.41) is 4.39. The smallest absolute Gasteiger partial charge is 0.300 e. The summed E-state index contributed by atoms with van der Waals surface area (Å²) in [7, 11) is 1.63. The van der Waals surface area contributed by atoms with Crippen molar-refractivity contribution in [2.24, 2.45) is 7.05 Å². The monoisotopic (exact) mass is 321 g/mol.